The second-order valence-electron chi connectivity index (χ2n) is 11.6. The Hall–Kier alpha value is -3.41. The van der Waals surface area contributed by atoms with E-state index in [1.807, 2.05) is 0 Å². The standard InChI is InChI=1S/C32H34ClF3N4O5S/c1-45-31(42)22-11-14-38(15-12-22)18-26(41)19-40-29-13-16-39(46(2,43)44)20-27(29)30(37-40)24-7-10-28(32(34,35)36)23(17-24)6-3-21-4-8-25(33)9-5-21/h4-5,7-10,17,22,26,41H,11-16,18-20H2,1-2H3. The number of hydrogen-bond donors (Lipinski definition) is 1. The summed E-state index contributed by atoms with van der Waals surface area (Å²) in [5.74, 6) is 5.01. The average Bonchev–Trinajstić information content (AvgIpc) is 3.37. The van der Waals surface area contributed by atoms with Crippen molar-refractivity contribution in [3.05, 3.63) is 75.4 Å². The largest absolute Gasteiger partial charge is 0.469 e. The zero-order chi connectivity index (χ0) is 33.2. The Balaban J connectivity index is 1.47. The van der Waals surface area contributed by atoms with E-state index in [0.717, 1.165) is 12.3 Å². The Bertz CT molecular complexity index is 1760. The SMILES string of the molecule is COC(=O)C1CCN(CC(O)Cn2nc(-c3ccc(C(F)(F)F)c(C#Cc4ccc(Cl)cc4)c3)c3c2CCN(S(C)(=O)=O)C3)CC1. The molecule has 2 aliphatic heterocycles. The predicted octanol–water partition coefficient (Wildman–Crippen LogP) is 4.19. The molecule has 0 radical (unpaired) electrons. The van der Waals surface area contributed by atoms with Gasteiger partial charge in [-0.2, -0.15) is 22.6 Å². The first-order chi connectivity index (χ1) is 21.7. The van der Waals surface area contributed by atoms with E-state index in [1.165, 1.54) is 23.5 Å². The molecule has 14 heteroatoms. The Morgan fingerprint density at radius 1 is 1.11 bits per heavy atom. The molecule has 0 saturated carbocycles. The molecule has 1 aromatic heterocycles. The first-order valence-corrected chi connectivity index (χ1v) is 17.0. The molecule has 2 aromatic carbocycles. The minimum atomic E-state index is -4.66. The summed E-state index contributed by atoms with van der Waals surface area (Å²) in [6.07, 6.45) is -2.83. The molecule has 0 spiro atoms. The lowest BCUT2D eigenvalue weighted by Gasteiger charge is -2.32. The highest BCUT2D eigenvalue weighted by atomic mass is 35.5. The van der Waals surface area contributed by atoms with Crippen LogP contribution in [0.25, 0.3) is 11.3 Å². The summed E-state index contributed by atoms with van der Waals surface area (Å²) in [7, 11) is -2.19. The molecule has 2 aliphatic rings. The van der Waals surface area contributed by atoms with E-state index < -0.39 is 27.9 Å². The third kappa shape index (κ3) is 7.93. The number of sulfonamides is 1. The zero-order valence-electron chi connectivity index (χ0n) is 25.3. The van der Waals surface area contributed by atoms with Gasteiger partial charge in [-0.25, -0.2) is 8.42 Å². The molecule has 5 rings (SSSR count). The average molecular weight is 679 g/mol. The van der Waals surface area contributed by atoms with Gasteiger partial charge in [0.1, 0.15) is 0 Å². The minimum absolute atomic E-state index is 0.00650. The molecule has 0 bridgehead atoms. The summed E-state index contributed by atoms with van der Waals surface area (Å²) >= 11 is 5.92. The monoisotopic (exact) mass is 678 g/mol. The molecule has 1 fully saturated rings. The highest BCUT2D eigenvalue weighted by Gasteiger charge is 2.35. The van der Waals surface area contributed by atoms with Crippen molar-refractivity contribution in [1.29, 1.82) is 0 Å². The van der Waals surface area contributed by atoms with Crippen molar-refractivity contribution >= 4 is 27.6 Å². The number of ether oxygens (including phenoxy) is 1. The number of methoxy groups -OCH3 is 1. The smallest absolute Gasteiger partial charge is 0.417 e. The van der Waals surface area contributed by atoms with Crippen LogP contribution < -0.4 is 0 Å². The van der Waals surface area contributed by atoms with Crippen LogP contribution in [0.3, 0.4) is 0 Å². The van der Waals surface area contributed by atoms with E-state index in [0.29, 0.717) is 72.0 Å². The maximum absolute atomic E-state index is 14.0. The molecule has 3 aromatic rings. The van der Waals surface area contributed by atoms with Crippen LogP contribution in [0, 0.1) is 17.8 Å². The Kier molecular flexibility index (Phi) is 10.1. The lowest BCUT2D eigenvalue weighted by atomic mass is 9.97. The summed E-state index contributed by atoms with van der Waals surface area (Å²) in [4.78, 5) is 13.9. The van der Waals surface area contributed by atoms with E-state index in [4.69, 9.17) is 21.4 Å². The number of aliphatic hydroxyl groups excluding tert-OH is 1. The van der Waals surface area contributed by atoms with Crippen LogP contribution in [0.5, 0.6) is 0 Å². The van der Waals surface area contributed by atoms with Crippen LogP contribution >= 0.6 is 11.6 Å². The number of benzene rings is 2. The predicted molar refractivity (Wildman–Crippen MR) is 166 cm³/mol. The van der Waals surface area contributed by atoms with Crippen molar-refractivity contribution in [2.24, 2.45) is 5.92 Å². The van der Waals surface area contributed by atoms with Crippen molar-refractivity contribution in [3.8, 4) is 23.1 Å². The first-order valence-electron chi connectivity index (χ1n) is 14.7. The quantitative estimate of drug-likeness (QED) is 0.295. The van der Waals surface area contributed by atoms with E-state index in [-0.39, 0.29) is 37.1 Å². The fourth-order valence-corrected chi connectivity index (χ4v) is 6.83. The Morgan fingerprint density at radius 2 is 1.80 bits per heavy atom. The van der Waals surface area contributed by atoms with E-state index >= 15 is 0 Å². The molecule has 1 saturated heterocycles. The van der Waals surface area contributed by atoms with Crippen LogP contribution in [0.15, 0.2) is 42.5 Å². The number of piperidine rings is 1. The van der Waals surface area contributed by atoms with Gasteiger partial charge >= 0.3 is 12.1 Å². The number of halogens is 4. The van der Waals surface area contributed by atoms with Crippen LogP contribution in [0.4, 0.5) is 13.2 Å². The lowest BCUT2D eigenvalue weighted by molar-refractivity contribution is -0.147. The normalized spacial score (nSPS) is 17.2. The van der Waals surface area contributed by atoms with Gasteiger partial charge in [0.25, 0.3) is 0 Å². The number of β-amino-alcohol motifs (C(OH)–C–C–N with tert-alkyl or cyclic N) is 1. The molecule has 46 heavy (non-hydrogen) atoms. The van der Waals surface area contributed by atoms with E-state index in [1.54, 1.807) is 28.9 Å². The highest BCUT2D eigenvalue weighted by Crippen LogP contribution is 2.36. The van der Waals surface area contributed by atoms with Crippen LogP contribution in [-0.4, -0.2) is 84.1 Å². The van der Waals surface area contributed by atoms with E-state index in [9.17, 15) is 31.5 Å². The lowest BCUT2D eigenvalue weighted by Crippen LogP contribution is -2.42. The van der Waals surface area contributed by atoms with Crippen LogP contribution in [0.1, 0.15) is 40.8 Å². The number of esters is 1. The Morgan fingerprint density at radius 3 is 2.43 bits per heavy atom. The molecule has 1 atom stereocenters. The molecular weight excluding hydrogens is 645 g/mol. The number of alkyl halides is 3. The fourth-order valence-electron chi connectivity index (χ4n) is 5.92. The summed E-state index contributed by atoms with van der Waals surface area (Å²) in [6, 6.07) is 9.99. The maximum atomic E-state index is 14.0. The molecule has 1 unspecified atom stereocenters. The van der Waals surface area contributed by atoms with Crippen molar-refractivity contribution < 1.29 is 36.2 Å². The molecule has 0 aliphatic carbocycles. The number of carbonyl (C=O) groups excluding carboxylic acids is 1. The second kappa shape index (κ2) is 13.8. The zero-order valence-corrected chi connectivity index (χ0v) is 26.9. The van der Waals surface area contributed by atoms with Gasteiger partial charge in [0.2, 0.25) is 10.0 Å². The number of aromatic nitrogens is 2. The molecule has 3 heterocycles. The van der Waals surface area contributed by atoms with Crippen molar-refractivity contribution in [2.45, 2.75) is 44.6 Å². The molecule has 1 N–H and O–H groups in total. The third-order valence-corrected chi connectivity index (χ3v) is 9.83. The summed E-state index contributed by atoms with van der Waals surface area (Å²) in [5.41, 5.74) is 1.28. The fraction of sp³-hybridized carbons (Fsp3) is 0.438. The van der Waals surface area contributed by atoms with Gasteiger partial charge < -0.3 is 14.7 Å². The van der Waals surface area contributed by atoms with Gasteiger partial charge in [-0.1, -0.05) is 29.5 Å². The van der Waals surface area contributed by atoms with Crippen LogP contribution in [0.2, 0.25) is 5.02 Å². The highest BCUT2D eigenvalue weighted by molar-refractivity contribution is 7.88. The van der Waals surface area contributed by atoms with Crippen molar-refractivity contribution in [3.63, 3.8) is 0 Å². The number of nitrogens with zero attached hydrogens (tertiary/aromatic N) is 4. The van der Waals surface area contributed by atoms with Gasteiger partial charge in [0.05, 0.1) is 43.2 Å². The summed E-state index contributed by atoms with van der Waals surface area (Å²) < 4.78 is 74.7. The van der Waals surface area contributed by atoms with Gasteiger partial charge in [0.15, 0.2) is 0 Å². The maximum Gasteiger partial charge on any atom is 0.417 e. The molecule has 9 nitrogen and oxygen atoms in total. The van der Waals surface area contributed by atoms with Gasteiger partial charge in [0, 0.05) is 59.0 Å². The summed E-state index contributed by atoms with van der Waals surface area (Å²) in [5, 5.41) is 16.3. The van der Waals surface area contributed by atoms with Gasteiger partial charge in [-0.3, -0.25) is 9.48 Å². The number of fused-ring (bicyclic) bond motifs is 1. The second-order valence-corrected chi connectivity index (χ2v) is 14.0. The third-order valence-electron chi connectivity index (χ3n) is 8.33. The van der Waals surface area contributed by atoms with Gasteiger partial charge in [-0.15, -0.1) is 0 Å². The number of hydrogen-bond acceptors (Lipinski definition) is 7. The molecule has 0 amide bonds. The van der Waals surface area contributed by atoms with Crippen molar-refractivity contribution in [1.82, 2.24) is 19.0 Å². The van der Waals surface area contributed by atoms with Gasteiger partial charge in [-0.05, 0) is 62.3 Å². The summed E-state index contributed by atoms with van der Waals surface area (Å²) in [6.45, 7) is 1.87. The number of likely N-dealkylation sites (tertiary alicyclic amines) is 1. The Labute approximate surface area is 270 Å². The van der Waals surface area contributed by atoms with Crippen molar-refractivity contribution in [2.75, 3.05) is 39.5 Å². The molecule has 246 valence electrons. The number of aliphatic hydroxyl groups is 1. The number of rotatable bonds is 7. The van der Waals surface area contributed by atoms with Crippen LogP contribution in [-0.2, 0) is 45.2 Å². The minimum Gasteiger partial charge on any atom is -0.469 e. The van der Waals surface area contributed by atoms with E-state index in [2.05, 4.69) is 16.7 Å². The number of carbonyl (C=O) groups is 1. The topological polar surface area (TPSA) is 105 Å². The first kappa shape index (κ1) is 33.9. The molecular formula is C32H34ClF3N4O5S.